The lowest BCUT2D eigenvalue weighted by molar-refractivity contribution is 0.0812. The SMILES string of the molecule is C#CCN(C)C(=O)c1cnn(C)c1C. The molecule has 14 heavy (non-hydrogen) atoms. The van der Waals surface area contributed by atoms with Crippen LogP contribution in [0.15, 0.2) is 6.20 Å². The van der Waals surface area contributed by atoms with Crippen molar-refractivity contribution in [2.45, 2.75) is 6.92 Å². The second kappa shape index (κ2) is 3.97. The minimum absolute atomic E-state index is 0.0893. The maximum atomic E-state index is 11.7. The van der Waals surface area contributed by atoms with E-state index in [1.54, 1.807) is 25.0 Å². The van der Waals surface area contributed by atoms with E-state index >= 15 is 0 Å². The van der Waals surface area contributed by atoms with Gasteiger partial charge in [-0.1, -0.05) is 5.92 Å². The lowest BCUT2D eigenvalue weighted by Crippen LogP contribution is -2.27. The predicted molar refractivity (Wildman–Crippen MR) is 53.7 cm³/mol. The summed E-state index contributed by atoms with van der Waals surface area (Å²) in [5, 5.41) is 4.00. The number of aryl methyl sites for hydroxylation is 1. The molecule has 0 aliphatic rings. The molecule has 0 N–H and O–H groups in total. The van der Waals surface area contributed by atoms with Crippen molar-refractivity contribution >= 4 is 5.91 Å². The highest BCUT2D eigenvalue weighted by molar-refractivity contribution is 5.95. The third kappa shape index (κ3) is 1.77. The van der Waals surface area contributed by atoms with E-state index in [1.165, 1.54) is 4.90 Å². The maximum Gasteiger partial charge on any atom is 0.257 e. The van der Waals surface area contributed by atoms with E-state index in [-0.39, 0.29) is 5.91 Å². The largest absolute Gasteiger partial charge is 0.330 e. The highest BCUT2D eigenvalue weighted by Crippen LogP contribution is 2.07. The van der Waals surface area contributed by atoms with Crippen molar-refractivity contribution in [3.63, 3.8) is 0 Å². The molecule has 0 bridgehead atoms. The second-order valence-electron chi connectivity index (χ2n) is 3.13. The van der Waals surface area contributed by atoms with Crippen LogP contribution in [-0.2, 0) is 7.05 Å². The quantitative estimate of drug-likeness (QED) is 0.636. The summed E-state index contributed by atoms with van der Waals surface area (Å²) in [4.78, 5) is 13.2. The van der Waals surface area contributed by atoms with Crippen molar-refractivity contribution in [2.24, 2.45) is 7.05 Å². The number of aromatic nitrogens is 2. The zero-order valence-electron chi connectivity index (χ0n) is 8.61. The minimum Gasteiger partial charge on any atom is -0.330 e. The van der Waals surface area contributed by atoms with E-state index in [0.717, 1.165) is 5.69 Å². The zero-order chi connectivity index (χ0) is 10.7. The van der Waals surface area contributed by atoms with Crippen molar-refractivity contribution in [3.05, 3.63) is 17.5 Å². The molecule has 74 valence electrons. The van der Waals surface area contributed by atoms with Crippen LogP contribution in [0.2, 0.25) is 0 Å². The Labute approximate surface area is 83.5 Å². The first-order valence-electron chi connectivity index (χ1n) is 4.25. The highest BCUT2D eigenvalue weighted by Gasteiger charge is 2.15. The molecule has 0 aliphatic heterocycles. The first-order chi connectivity index (χ1) is 6.57. The van der Waals surface area contributed by atoms with Gasteiger partial charge < -0.3 is 4.90 Å². The van der Waals surface area contributed by atoms with Gasteiger partial charge in [0, 0.05) is 19.8 Å². The van der Waals surface area contributed by atoms with E-state index in [0.29, 0.717) is 12.1 Å². The predicted octanol–water partition coefficient (Wildman–Crippen LogP) is 0.434. The summed E-state index contributed by atoms with van der Waals surface area (Å²) in [7, 11) is 3.47. The molecule has 0 fully saturated rings. The number of rotatable bonds is 2. The Morgan fingerprint density at radius 2 is 2.43 bits per heavy atom. The Hall–Kier alpha value is -1.76. The average molecular weight is 191 g/mol. The fourth-order valence-electron chi connectivity index (χ4n) is 1.12. The average Bonchev–Trinajstić information content (AvgIpc) is 2.47. The normalized spacial score (nSPS) is 9.57. The van der Waals surface area contributed by atoms with Crippen molar-refractivity contribution in [1.29, 1.82) is 0 Å². The van der Waals surface area contributed by atoms with Crippen LogP contribution in [-0.4, -0.2) is 34.2 Å². The van der Waals surface area contributed by atoms with Crippen LogP contribution in [0.3, 0.4) is 0 Å². The van der Waals surface area contributed by atoms with E-state index in [9.17, 15) is 4.79 Å². The van der Waals surface area contributed by atoms with Gasteiger partial charge in [0.25, 0.3) is 5.91 Å². The topological polar surface area (TPSA) is 38.1 Å². The summed E-state index contributed by atoms with van der Waals surface area (Å²) in [6, 6.07) is 0. The molecule has 1 aromatic heterocycles. The molecule has 1 heterocycles. The molecular formula is C10H13N3O. The lowest BCUT2D eigenvalue weighted by Gasteiger charge is -2.12. The van der Waals surface area contributed by atoms with Crippen LogP contribution < -0.4 is 0 Å². The van der Waals surface area contributed by atoms with Gasteiger partial charge in [-0.05, 0) is 6.92 Å². The van der Waals surface area contributed by atoms with Crippen LogP contribution in [0.5, 0.6) is 0 Å². The molecular weight excluding hydrogens is 178 g/mol. The van der Waals surface area contributed by atoms with Gasteiger partial charge in [-0.3, -0.25) is 9.48 Å². The Bertz CT molecular complexity index is 387. The van der Waals surface area contributed by atoms with Gasteiger partial charge in [0.2, 0.25) is 0 Å². The molecule has 0 unspecified atom stereocenters. The van der Waals surface area contributed by atoms with Gasteiger partial charge in [-0.2, -0.15) is 5.10 Å². The molecule has 0 atom stereocenters. The van der Waals surface area contributed by atoms with E-state index < -0.39 is 0 Å². The fraction of sp³-hybridized carbons (Fsp3) is 0.400. The van der Waals surface area contributed by atoms with Crippen molar-refractivity contribution in [3.8, 4) is 12.3 Å². The summed E-state index contributed by atoms with van der Waals surface area (Å²) in [5.41, 5.74) is 1.45. The smallest absolute Gasteiger partial charge is 0.257 e. The summed E-state index contributed by atoms with van der Waals surface area (Å²) >= 11 is 0. The Kier molecular flexibility index (Phi) is 2.92. The van der Waals surface area contributed by atoms with Gasteiger partial charge in [0.05, 0.1) is 18.3 Å². The van der Waals surface area contributed by atoms with Crippen LogP contribution >= 0.6 is 0 Å². The molecule has 0 radical (unpaired) electrons. The summed E-state index contributed by atoms with van der Waals surface area (Å²) in [6.07, 6.45) is 6.68. The Balaban J connectivity index is 2.91. The number of hydrogen-bond acceptors (Lipinski definition) is 2. The number of terminal acetylenes is 1. The molecule has 1 aromatic rings. The van der Waals surface area contributed by atoms with E-state index in [4.69, 9.17) is 6.42 Å². The second-order valence-corrected chi connectivity index (χ2v) is 3.13. The minimum atomic E-state index is -0.0893. The Morgan fingerprint density at radius 3 is 2.86 bits per heavy atom. The van der Waals surface area contributed by atoms with Gasteiger partial charge in [-0.25, -0.2) is 0 Å². The molecule has 0 aliphatic carbocycles. The number of carbonyl (C=O) groups excluding carboxylic acids is 1. The first kappa shape index (κ1) is 10.3. The molecule has 0 saturated heterocycles. The van der Waals surface area contributed by atoms with Gasteiger partial charge in [0.15, 0.2) is 0 Å². The van der Waals surface area contributed by atoms with Gasteiger partial charge >= 0.3 is 0 Å². The Morgan fingerprint density at radius 1 is 1.79 bits per heavy atom. The molecule has 4 heteroatoms. The van der Waals surface area contributed by atoms with Gasteiger partial charge in [-0.15, -0.1) is 6.42 Å². The number of carbonyl (C=O) groups is 1. The van der Waals surface area contributed by atoms with Crippen LogP contribution in [0.1, 0.15) is 16.1 Å². The third-order valence-corrected chi connectivity index (χ3v) is 2.14. The monoisotopic (exact) mass is 191 g/mol. The van der Waals surface area contributed by atoms with Crippen LogP contribution in [0, 0.1) is 19.3 Å². The summed E-state index contributed by atoms with van der Waals surface area (Å²) < 4.78 is 1.66. The van der Waals surface area contributed by atoms with Gasteiger partial charge in [0.1, 0.15) is 0 Å². The summed E-state index contributed by atoms with van der Waals surface area (Å²) in [6.45, 7) is 2.16. The van der Waals surface area contributed by atoms with Crippen LogP contribution in [0.25, 0.3) is 0 Å². The fourth-order valence-corrected chi connectivity index (χ4v) is 1.12. The molecule has 0 saturated carbocycles. The molecule has 1 amide bonds. The maximum absolute atomic E-state index is 11.7. The molecule has 4 nitrogen and oxygen atoms in total. The van der Waals surface area contributed by atoms with Crippen LogP contribution in [0.4, 0.5) is 0 Å². The molecule has 1 rings (SSSR count). The third-order valence-electron chi connectivity index (χ3n) is 2.14. The number of hydrogen-bond donors (Lipinski definition) is 0. The standard InChI is InChI=1S/C10H13N3O/c1-5-6-12(3)10(14)9-7-11-13(4)8(9)2/h1,7H,6H2,2-4H3. The number of amides is 1. The molecule has 0 aromatic carbocycles. The summed E-state index contributed by atoms with van der Waals surface area (Å²) in [5.74, 6) is 2.33. The van der Waals surface area contributed by atoms with Crippen molar-refractivity contribution in [1.82, 2.24) is 14.7 Å². The zero-order valence-corrected chi connectivity index (χ0v) is 8.61. The lowest BCUT2D eigenvalue weighted by atomic mass is 10.2. The molecule has 0 spiro atoms. The van der Waals surface area contributed by atoms with E-state index in [2.05, 4.69) is 11.0 Å². The van der Waals surface area contributed by atoms with Crippen molar-refractivity contribution < 1.29 is 4.79 Å². The number of nitrogens with zero attached hydrogens (tertiary/aromatic N) is 3. The first-order valence-corrected chi connectivity index (χ1v) is 4.25. The van der Waals surface area contributed by atoms with Crippen molar-refractivity contribution in [2.75, 3.05) is 13.6 Å². The van der Waals surface area contributed by atoms with E-state index in [1.807, 2.05) is 6.92 Å². The highest BCUT2D eigenvalue weighted by atomic mass is 16.2.